The maximum Gasteiger partial charge on any atom is 0.130 e. The second kappa shape index (κ2) is 17.5. The zero-order chi connectivity index (χ0) is 18.9. The van der Waals surface area contributed by atoms with Crippen molar-refractivity contribution in [3.8, 4) is 0 Å². The lowest BCUT2D eigenvalue weighted by atomic mass is 9.95. The van der Waals surface area contributed by atoms with E-state index in [9.17, 15) is 4.79 Å². The molecule has 0 aliphatic heterocycles. The van der Waals surface area contributed by atoms with Gasteiger partial charge in [0.05, 0.1) is 0 Å². The number of thioether (sulfide) groups is 1. The normalized spacial score (nSPS) is 15.4. The van der Waals surface area contributed by atoms with Crippen LogP contribution >= 0.6 is 23.4 Å². The SMILES string of the molecule is CCCCCCCCC=CCCCCC(Cl)C(C)C(CC(C)=O)SC. The molecule has 0 aliphatic carbocycles. The van der Waals surface area contributed by atoms with Gasteiger partial charge in [-0.05, 0) is 51.2 Å². The molecule has 3 unspecified atom stereocenters. The Morgan fingerprint density at radius 2 is 1.56 bits per heavy atom. The summed E-state index contributed by atoms with van der Waals surface area (Å²) in [5.41, 5.74) is 0. The number of ketones is 1. The summed E-state index contributed by atoms with van der Waals surface area (Å²) in [6, 6.07) is 0. The van der Waals surface area contributed by atoms with Gasteiger partial charge in [-0.3, -0.25) is 4.79 Å². The van der Waals surface area contributed by atoms with Gasteiger partial charge in [0.2, 0.25) is 0 Å². The highest BCUT2D eigenvalue weighted by atomic mass is 35.5. The fraction of sp³-hybridized carbons (Fsp3) is 0.864. The number of hydrogen-bond donors (Lipinski definition) is 0. The molecule has 0 bridgehead atoms. The minimum Gasteiger partial charge on any atom is -0.300 e. The van der Waals surface area contributed by atoms with E-state index in [0.717, 1.165) is 6.42 Å². The minimum atomic E-state index is 0.184. The van der Waals surface area contributed by atoms with Crippen molar-refractivity contribution in [2.24, 2.45) is 5.92 Å². The van der Waals surface area contributed by atoms with E-state index in [1.807, 2.05) is 0 Å². The summed E-state index contributed by atoms with van der Waals surface area (Å²) in [4.78, 5) is 11.3. The van der Waals surface area contributed by atoms with Crippen molar-refractivity contribution < 1.29 is 4.79 Å². The molecule has 0 aliphatic rings. The van der Waals surface area contributed by atoms with Gasteiger partial charge in [-0.15, -0.1) is 11.6 Å². The second-order valence-electron chi connectivity index (χ2n) is 7.37. The van der Waals surface area contributed by atoms with Crippen LogP contribution in [0.4, 0.5) is 0 Å². The first-order valence-electron chi connectivity index (χ1n) is 10.3. The van der Waals surface area contributed by atoms with Gasteiger partial charge in [0.1, 0.15) is 5.78 Å². The fourth-order valence-electron chi connectivity index (χ4n) is 3.14. The lowest BCUT2D eigenvalue weighted by Crippen LogP contribution is -2.25. The molecule has 148 valence electrons. The van der Waals surface area contributed by atoms with Gasteiger partial charge in [-0.2, -0.15) is 11.8 Å². The lowest BCUT2D eigenvalue weighted by molar-refractivity contribution is -0.117. The maximum absolute atomic E-state index is 11.3. The number of unbranched alkanes of at least 4 members (excludes halogenated alkanes) is 8. The van der Waals surface area contributed by atoms with Crippen LogP contribution in [0, 0.1) is 5.92 Å². The van der Waals surface area contributed by atoms with E-state index in [4.69, 9.17) is 11.6 Å². The van der Waals surface area contributed by atoms with Crippen LogP contribution in [0.2, 0.25) is 0 Å². The Balaban J connectivity index is 3.65. The molecule has 0 fully saturated rings. The Kier molecular flexibility index (Phi) is 17.5. The largest absolute Gasteiger partial charge is 0.300 e. The molecule has 0 rings (SSSR count). The van der Waals surface area contributed by atoms with Gasteiger partial charge in [0, 0.05) is 17.0 Å². The predicted octanol–water partition coefficient (Wildman–Crippen LogP) is 7.81. The molecule has 0 aromatic heterocycles. The predicted molar refractivity (Wildman–Crippen MR) is 117 cm³/mol. The molecule has 0 aromatic carbocycles. The van der Waals surface area contributed by atoms with Crippen molar-refractivity contribution in [2.45, 2.75) is 108 Å². The summed E-state index contributed by atoms with van der Waals surface area (Å²) in [5.74, 6) is 0.661. The van der Waals surface area contributed by atoms with E-state index < -0.39 is 0 Å². The summed E-state index contributed by atoms with van der Waals surface area (Å²) in [7, 11) is 0. The number of Topliss-reactive ketones (excluding diaryl/α,β-unsaturated/α-hetero) is 1. The zero-order valence-electron chi connectivity index (χ0n) is 17.1. The average Bonchev–Trinajstić information content (AvgIpc) is 2.59. The lowest BCUT2D eigenvalue weighted by Gasteiger charge is -2.25. The number of alkyl halides is 1. The van der Waals surface area contributed by atoms with E-state index in [2.05, 4.69) is 32.3 Å². The third-order valence-corrected chi connectivity index (χ3v) is 6.76. The summed E-state index contributed by atoms with van der Waals surface area (Å²) < 4.78 is 0. The molecule has 0 aromatic rings. The molecule has 0 radical (unpaired) electrons. The van der Waals surface area contributed by atoms with Crippen molar-refractivity contribution >= 4 is 29.1 Å². The van der Waals surface area contributed by atoms with Gasteiger partial charge in [0.15, 0.2) is 0 Å². The van der Waals surface area contributed by atoms with Crippen LogP contribution in [0.15, 0.2) is 12.2 Å². The zero-order valence-corrected chi connectivity index (χ0v) is 18.6. The van der Waals surface area contributed by atoms with Crippen LogP contribution in [0.3, 0.4) is 0 Å². The molecule has 0 N–H and O–H groups in total. The molecule has 0 heterocycles. The minimum absolute atomic E-state index is 0.184. The van der Waals surface area contributed by atoms with Gasteiger partial charge < -0.3 is 0 Å². The monoisotopic (exact) mass is 388 g/mol. The first-order chi connectivity index (χ1) is 12.0. The standard InChI is InChI=1S/C22H41ClOS/c1-5-6-7-8-9-10-11-12-13-14-15-16-17-21(23)20(3)22(25-4)18-19(2)24/h12-13,20-22H,5-11,14-18H2,1-4H3. The highest BCUT2D eigenvalue weighted by Gasteiger charge is 2.24. The second-order valence-corrected chi connectivity index (χ2v) is 9.01. The van der Waals surface area contributed by atoms with E-state index in [1.54, 1.807) is 18.7 Å². The van der Waals surface area contributed by atoms with Gasteiger partial charge in [-0.1, -0.05) is 64.5 Å². The number of rotatable bonds is 17. The van der Waals surface area contributed by atoms with Crippen molar-refractivity contribution in [3.05, 3.63) is 12.2 Å². The fourth-order valence-corrected chi connectivity index (χ4v) is 4.58. The number of allylic oxidation sites excluding steroid dienone is 2. The molecule has 0 saturated carbocycles. The molecular formula is C22H41ClOS. The number of hydrogen-bond acceptors (Lipinski definition) is 2. The summed E-state index contributed by atoms with van der Waals surface area (Å²) >= 11 is 8.36. The van der Waals surface area contributed by atoms with Crippen LogP contribution in [0.1, 0.15) is 97.8 Å². The number of carbonyl (C=O) groups excluding carboxylic acids is 1. The maximum atomic E-state index is 11.3. The number of halogens is 1. The summed E-state index contributed by atoms with van der Waals surface area (Å²) in [6.45, 7) is 6.14. The van der Waals surface area contributed by atoms with E-state index in [1.165, 1.54) is 64.2 Å². The van der Waals surface area contributed by atoms with Crippen LogP contribution in [-0.4, -0.2) is 22.7 Å². The van der Waals surface area contributed by atoms with Crippen LogP contribution < -0.4 is 0 Å². The van der Waals surface area contributed by atoms with Crippen molar-refractivity contribution in [2.75, 3.05) is 6.26 Å². The first kappa shape index (κ1) is 25.1. The van der Waals surface area contributed by atoms with E-state index in [0.29, 0.717) is 17.6 Å². The average molecular weight is 389 g/mol. The Morgan fingerprint density at radius 3 is 2.12 bits per heavy atom. The smallest absolute Gasteiger partial charge is 0.130 e. The molecule has 3 atom stereocenters. The number of carbonyl (C=O) groups is 1. The quantitative estimate of drug-likeness (QED) is 0.143. The van der Waals surface area contributed by atoms with Crippen LogP contribution in [0.5, 0.6) is 0 Å². The molecular weight excluding hydrogens is 348 g/mol. The third kappa shape index (κ3) is 14.9. The summed E-state index contributed by atoms with van der Waals surface area (Å²) in [6.07, 6.45) is 21.6. The van der Waals surface area contributed by atoms with Gasteiger partial charge >= 0.3 is 0 Å². The Hall–Kier alpha value is 0.0500. The third-order valence-electron chi connectivity index (χ3n) is 4.94. The van der Waals surface area contributed by atoms with Gasteiger partial charge in [0.25, 0.3) is 0 Å². The Labute approximate surface area is 166 Å². The van der Waals surface area contributed by atoms with E-state index in [-0.39, 0.29) is 11.2 Å². The topological polar surface area (TPSA) is 17.1 Å². The van der Waals surface area contributed by atoms with Crippen molar-refractivity contribution in [3.63, 3.8) is 0 Å². The van der Waals surface area contributed by atoms with Crippen molar-refractivity contribution in [1.82, 2.24) is 0 Å². The summed E-state index contributed by atoms with van der Waals surface area (Å²) in [5, 5.41) is 0.543. The van der Waals surface area contributed by atoms with Crippen molar-refractivity contribution in [1.29, 1.82) is 0 Å². The molecule has 25 heavy (non-hydrogen) atoms. The first-order valence-corrected chi connectivity index (χ1v) is 12.1. The van der Waals surface area contributed by atoms with Crippen LogP contribution in [-0.2, 0) is 4.79 Å². The highest BCUT2D eigenvalue weighted by molar-refractivity contribution is 7.99. The van der Waals surface area contributed by atoms with E-state index >= 15 is 0 Å². The Morgan fingerprint density at radius 1 is 1.00 bits per heavy atom. The van der Waals surface area contributed by atoms with Crippen LogP contribution in [0.25, 0.3) is 0 Å². The molecule has 0 spiro atoms. The van der Waals surface area contributed by atoms with Gasteiger partial charge in [-0.25, -0.2) is 0 Å². The molecule has 3 heteroatoms. The molecule has 0 saturated heterocycles. The highest BCUT2D eigenvalue weighted by Crippen LogP contribution is 2.29. The molecule has 0 amide bonds. The Bertz CT molecular complexity index is 343. The molecule has 1 nitrogen and oxygen atoms in total.